The lowest BCUT2D eigenvalue weighted by Crippen LogP contribution is -2.39. The molecule has 1 saturated heterocycles. The Kier molecular flexibility index (Phi) is 7.18. The summed E-state index contributed by atoms with van der Waals surface area (Å²) < 4.78 is 43.4. The van der Waals surface area contributed by atoms with Crippen LogP contribution >= 0.6 is 0 Å². The summed E-state index contributed by atoms with van der Waals surface area (Å²) in [6.45, 7) is 1.07. The van der Waals surface area contributed by atoms with E-state index in [1.807, 2.05) is 0 Å². The number of nitrogens with one attached hydrogen (secondary N) is 2. The number of hydrogen-bond donors (Lipinski definition) is 2. The molecule has 2 N–H and O–H groups in total. The van der Waals surface area contributed by atoms with Crippen molar-refractivity contribution in [3.05, 3.63) is 29.8 Å². The Hall–Kier alpha value is -3.11. The van der Waals surface area contributed by atoms with Crippen LogP contribution < -0.4 is 15.5 Å². The molecular formula is C18H20F3N3O5. The highest BCUT2D eigenvalue weighted by Gasteiger charge is 2.37. The van der Waals surface area contributed by atoms with Gasteiger partial charge in [-0.15, -0.1) is 0 Å². The Balaban J connectivity index is 1.89. The second kappa shape index (κ2) is 9.39. The number of hydrogen-bond acceptors (Lipinski definition) is 5. The quantitative estimate of drug-likeness (QED) is 0.643. The molecule has 1 heterocycles. The van der Waals surface area contributed by atoms with Gasteiger partial charge in [-0.2, -0.15) is 13.2 Å². The predicted octanol–water partition coefficient (Wildman–Crippen LogP) is 0.854. The zero-order chi connectivity index (χ0) is 21.6. The van der Waals surface area contributed by atoms with Crippen LogP contribution in [0.25, 0.3) is 0 Å². The van der Waals surface area contributed by atoms with Crippen LogP contribution in [0.4, 0.5) is 18.9 Å². The minimum absolute atomic E-state index is 0.0276. The minimum atomic E-state index is -4.56. The first kappa shape index (κ1) is 22.2. The monoisotopic (exact) mass is 415 g/mol. The number of benzene rings is 1. The molecule has 1 aliphatic heterocycles. The molecule has 1 atom stereocenters. The van der Waals surface area contributed by atoms with E-state index in [0.717, 1.165) is 17.0 Å². The third kappa shape index (κ3) is 6.19. The Morgan fingerprint density at radius 2 is 1.93 bits per heavy atom. The van der Waals surface area contributed by atoms with Crippen molar-refractivity contribution in [1.29, 1.82) is 0 Å². The van der Waals surface area contributed by atoms with E-state index in [1.54, 1.807) is 6.92 Å². The molecule has 0 bridgehead atoms. The molecule has 3 amide bonds. The Morgan fingerprint density at radius 1 is 1.21 bits per heavy atom. The molecule has 2 rings (SSSR count). The van der Waals surface area contributed by atoms with Crippen LogP contribution in [0.2, 0.25) is 0 Å². The first-order valence-electron chi connectivity index (χ1n) is 8.79. The fourth-order valence-electron chi connectivity index (χ4n) is 2.71. The van der Waals surface area contributed by atoms with Crippen LogP contribution in [0.15, 0.2) is 24.3 Å². The predicted molar refractivity (Wildman–Crippen MR) is 94.6 cm³/mol. The molecule has 1 aromatic carbocycles. The zero-order valence-corrected chi connectivity index (χ0v) is 15.5. The normalized spacial score (nSPS) is 16.5. The lowest BCUT2D eigenvalue weighted by atomic mass is 10.1. The molecule has 0 saturated carbocycles. The second-order valence-electron chi connectivity index (χ2n) is 6.29. The Bertz CT molecular complexity index is 797. The molecule has 1 aromatic rings. The lowest BCUT2D eigenvalue weighted by molar-refractivity contribution is -0.152. The van der Waals surface area contributed by atoms with E-state index in [9.17, 15) is 32.3 Å². The van der Waals surface area contributed by atoms with E-state index in [2.05, 4.69) is 10.6 Å². The fraction of sp³-hybridized carbons (Fsp3) is 0.444. The molecule has 0 spiro atoms. The third-order valence-corrected chi connectivity index (χ3v) is 4.11. The summed E-state index contributed by atoms with van der Waals surface area (Å²) in [6, 6.07) is 4.24. The zero-order valence-electron chi connectivity index (χ0n) is 15.5. The van der Waals surface area contributed by atoms with Crippen LogP contribution in [0.1, 0.15) is 18.9 Å². The van der Waals surface area contributed by atoms with Gasteiger partial charge in [0, 0.05) is 25.2 Å². The number of carbonyl (C=O) groups is 4. The van der Waals surface area contributed by atoms with Crippen molar-refractivity contribution in [2.45, 2.75) is 19.5 Å². The van der Waals surface area contributed by atoms with Crippen LogP contribution in [0, 0.1) is 5.92 Å². The summed E-state index contributed by atoms with van der Waals surface area (Å²) in [5, 5.41) is 4.74. The van der Waals surface area contributed by atoms with Crippen molar-refractivity contribution in [1.82, 2.24) is 10.6 Å². The molecule has 0 aromatic heterocycles. The van der Waals surface area contributed by atoms with Gasteiger partial charge < -0.3 is 20.3 Å². The standard InChI is InChI=1S/C18H20F3N3O5/c1-2-22-14(25)8-23-15(26)10-29-17(28)11-6-16(27)24(9-11)13-5-3-4-12(7-13)18(19,20)21/h3-5,7,11H,2,6,8-10H2,1H3,(H,22,25)(H,23,26)/t11-/m0/s1. The van der Waals surface area contributed by atoms with Gasteiger partial charge in [0.25, 0.3) is 5.91 Å². The van der Waals surface area contributed by atoms with E-state index >= 15 is 0 Å². The lowest BCUT2D eigenvalue weighted by Gasteiger charge is -2.18. The van der Waals surface area contributed by atoms with Crippen molar-refractivity contribution in [3.8, 4) is 0 Å². The number of anilines is 1. The number of amides is 3. The molecule has 0 aliphatic carbocycles. The van der Waals surface area contributed by atoms with Gasteiger partial charge in [0.2, 0.25) is 11.8 Å². The first-order chi connectivity index (χ1) is 13.6. The molecule has 0 radical (unpaired) electrons. The highest BCUT2D eigenvalue weighted by atomic mass is 19.4. The molecule has 1 aliphatic rings. The number of likely N-dealkylation sites (N-methyl/N-ethyl adjacent to an activating group) is 1. The third-order valence-electron chi connectivity index (χ3n) is 4.11. The number of ether oxygens (including phenoxy) is 1. The van der Waals surface area contributed by atoms with Crippen molar-refractivity contribution in [2.75, 3.05) is 31.1 Å². The molecule has 8 nitrogen and oxygen atoms in total. The Labute approximate surface area is 164 Å². The van der Waals surface area contributed by atoms with Crippen molar-refractivity contribution < 1.29 is 37.1 Å². The SMILES string of the molecule is CCNC(=O)CNC(=O)COC(=O)[C@H]1CC(=O)N(c2cccc(C(F)(F)F)c2)C1. The smallest absolute Gasteiger partial charge is 0.416 e. The number of alkyl halides is 3. The van der Waals surface area contributed by atoms with E-state index in [-0.39, 0.29) is 25.2 Å². The number of rotatable bonds is 7. The Morgan fingerprint density at radius 3 is 2.59 bits per heavy atom. The number of esters is 1. The molecule has 11 heteroatoms. The number of carbonyl (C=O) groups excluding carboxylic acids is 4. The van der Waals surface area contributed by atoms with Crippen LogP contribution in [-0.4, -0.2) is 49.9 Å². The average Bonchev–Trinajstić information content (AvgIpc) is 3.06. The minimum Gasteiger partial charge on any atom is -0.455 e. The van der Waals surface area contributed by atoms with E-state index in [0.29, 0.717) is 6.54 Å². The number of halogens is 3. The van der Waals surface area contributed by atoms with Gasteiger partial charge in [0.05, 0.1) is 18.0 Å². The van der Waals surface area contributed by atoms with Crippen LogP contribution in [-0.2, 0) is 30.1 Å². The fourth-order valence-corrected chi connectivity index (χ4v) is 2.71. The maximum atomic E-state index is 12.8. The number of nitrogens with zero attached hydrogens (tertiary/aromatic N) is 1. The second-order valence-corrected chi connectivity index (χ2v) is 6.29. The van der Waals surface area contributed by atoms with Gasteiger partial charge in [-0.3, -0.25) is 19.2 Å². The van der Waals surface area contributed by atoms with E-state index < -0.39 is 48.0 Å². The molecule has 0 unspecified atom stereocenters. The maximum absolute atomic E-state index is 12.8. The van der Waals surface area contributed by atoms with E-state index in [4.69, 9.17) is 4.74 Å². The van der Waals surface area contributed by atoms with Crippen LogP contribution in [0.3, 0.4) is 0 Å². The molecular weight excluding hydrogens is 395 g/mol. The summed E-state index contributed by atoms with van der Waals surface area (Å²) in [5.41, 5.74) is -0.877. The summed E-state index contributed by atoms with van der Waals surface area (Å²) in [5.74, 6) is -3.34. The summed E-state index contributed by atoms with van der Waals surface area (Å²) >= 11 is 0. The van der Waals surface area contributed by atoms with Crippen LogP contribution in [0.5, 0.6) is 0 Å². The molecule has 158 valence electrons. The first-order valence-corrected chi connectivity index (χ1v) is 8.79. The largest absolute Gasteiger partial charge is 0.455 e. The topological polar surface area (TPSA) is 105 Å². The van der Waals surface area contributed by atoms with E-state index in [1.165, 1.54) is 12.1 Å². The summed E-state index contributed by atoms with van der Waals surface area (Å²) in [4.78, 5) is 48.2. The highest BCUT2D eigenvalue weighted by molar-refractivity contribution is 5.99. The van der Waals surface area contributed by atoms with Crippen molar-refractivity contribution in [2.24, 2.45) is 5.92 Å². The van der Waals surface area contributed by atoms with Gasteiger partial charge in [-0.25, -0.2) is 0 Å². The molecule has 1 fully saturated rings. The van der Waals surface area contributed by atoms with Gasteiger partial charge in [0.15, 0.2) is 6.61 Å². The van der Waals surface area contributed by atoms with Gasteiger partial charge in [0.1, 0.15) is 0 Å². The van der Waals surface area contributed by atoms with Crippen molar-refractivity contribution in [3.63, 3.8) is 0 Å². The van der Waals surface area contributed by atoms with Crippen molar-refractivity contribution >= 4 is 29.4 Å². The summed E-state index contributed by atoms with van der Waals surface area (Å²) in [7, 11) is 0. The van der Waals surface area contributed by atoms with Gasteiger partial charge in [-0.1, -0.05) is 6.07 Å². The average molecular weight is 415 g/mol. The van der Waals surface area contributed by atoms with Gasteiger partial charge >= 0.3 is 12.1 Å². The molecule has 29 heavy (non-hydrogen) atoms. The maximum Gasteiger partial charge on any atom is 0.416 e. The highest BCUT2D eigenvalue weighted by Crippen LogP contribution is 2.33. The summed E-state index contributed by atoms with van der Waals surface area (Å²) in [6.07, 6.45) is -4.80. The van der Waals surface area contributed by atoms with Gasteiger partial charge in [-0.05, 0) is 25.1 Å².